The monoisotopic (exact) mass is 289 g/mol. The summed E-state index contributed by atoms with van der Waals surface area (Å²) in [6.45, 7) is 12.7. The molecular weight excluding hydrogens is 258 g/mol. The highest BCUT2D eigenvalue weighted by molar-refractivity contribution is 5.07. The van der Waals surface area contributed by atoms with Crippen molar-refractivity contribution in [2.45, 2.75) is 73.0 Å². The first-order valence-corrected chi connectivity index (χ1v) is 8.36. The van der Waals surface area contributed by atoms with Crippen molar-refractivity contribution in [2.75, 3.05) is 0 Å². The van der Waals surface area contributed by atoms with Crippen molar-refractivity contribution in [1.29, 1.82) is 0 Å². The molecule has 0 atom stereocenters. The average molecular weight is 289 g/mol. The standard InChI is InChI=1S/C19H31NO/c1-15(2)19(18(3,4)5)10-8-17(9-11-19)21-14-16-7-6-12-20-13-16/h6-7,12-13,15,17H,8-11,14H2,1-5H3. The minimum Gasteiger partial charge on any atom is -0.373 e. The van der Waals surface area contributed by atoms with Gasteiger partial charge in [0.15, 0.2) is 0 Å². The van der Waals surface area contributed by atoms with Gasteiger partial charge in [-0.1, -0.05) is 40.7 Å². The Morgan fingerprint density at radius 2 is 1.95 bits per heavy atom. The molecular formula is C19H31NO. The molecule has 0 radical (unpaired) electrons. The van der Waals surface area contributed by atoms with Gasteiger partial charge < -0.3 is 4.74 Å². The normalized spacial score (nSPS) is 27.0. The van der Waals surface area contributed by atoms with Gasteiger partial charge in [0.25, 0.3) is 0 Å². The first-order valence-electron chi connectivity index (χ1n) is 8.36. The van der Waals surface area contributed by atoms with Crippen molar-refractivity contribution in [3.8, 4) is 0 Å². The smallest absolute Gasteiger partial charge is 0.0735 e. The van der Waals surface area contributed by atoms with E-state index >= 15 is 0 Å². The molecule has 1 heterocycles. The molecule has 0 aliphatic heterocycles. The summed E-state index contributed by atoms with van der Waals surface area (Å²) in [5.41, 5.74) is 2.01. The Hall–Kier alpha value is -0.890. The Labute approximate surface area is 130 Å². The van der Waals surface area contributed by atoms with Gasteiger partial charge in [-0.15, -0.1) is 0 Å². The lowest BCUT2D eigenvalue weighted by atomic mass is 9.54. The van der Waals surface area contributed by atoms with Crippen LogP contribution >= 0.6 is 0 Å². The zero-order valence-corrected chi connectivity index (χ0v) is 14.4. The second-order valence-corrected chi connectivity index (χ2v) is 7.93. The fourth-order valence-corrected chi connectivity index (χ4v) is 4.16. The van der Waals surface area contributed by atoms with Gasteiger partial charge in [-0.25, -0.2) is 0 Å². The van der Waals surface area contributed by atoms with E-state index in [1.807, 2.05) is 18.5 Å². The van der Waals surface area contributed by atoms with E-state index < -0.39 is 0 Å². The van der Waals surface area contributed by atoms with E-state index in [-0.39, 0.29) is 0 Å². The van der Waals surface area contributed by atoms with Crippen LogP contribution in [0, 0.1) is 16.7 Å². The Morgan fingerprint density at radius 1 is 1.29 bits per heavy atom. The van der Waals surface area contributed by atoms with Crippen LogP contribution in [0.2, 0.25) is 0 Å². The van der Waals surface area contributed by atoms with E-state index in [9.17, 15) is 0 Å². The van der Waals surface area contributed by atoms with Crippen LogP contribution in [0.3, 0.4) is 0 Å². The van der Waals surface area contributed by atoms with Gasteiger partial charge in [0.1, 0.15) is 0 Å². The fourth-order valence-electron chi connectivity index (χ4n) is 4.16. The van der Waals surface area contributed by atoms with E-state index in [4.69, 9.17) is 4.74 Å². The lowest BCUT2D eigenvalue weighted by molar-refractivity contribution is -0.0699. The summed E-state index contributed by atoms with van der Waals surface area (Å²) >= 11 is 0. The van der Waals surface area contributed by atoms with Gasteiger partial charge in [-0.05, 0) is 54.1 Å². The highest BCUT2D eigenvalue weighted by Gasteiger charge is 2.46. The third-order valence-electron chi connectivity index (χ3n) is 5.63. The molecule has 1 aromatic rings. The molecule has 1 aliphatic rings. The molecule has 1 aliphatic carbocycles. The molecule has 21 heavy (non-hydrogen) atoms. The number of pyridine rings is 1. The molecule has 0 amide bonds. The van der Waals surface area contributed by atoms with Gasteiger partial charge >= 0.3 is 0 Å². The third-order valence-corrected chi connectivity index (χ3v) is 5.63. The van der Waals surface area contributed by atoms with Gasteiger partial charge in [-0.3, -0.25) is 4.98 Å². The third kappa shape index (κ3) is 3.66. The number of rotatable bonds is 4. The SMILES string of the molecule is CC(C)C1(C(C)(C)C)CCC(OCc2cccnc2)CC1. The average Bonchev–Trinajstić information content (AvgIpc) is 2.45. The lowest BCUT2D eigenvalue weighted by Crippen LogP contribution is -2.44. The quantitative estimate of drug-likeness (QED) is 0.757. The minimum absolute atomic E-state index is 0.371. The second kappa shape index (κ2) is 6.48. The van der Waals surface area contributed by atoms with Crippen LogP contribution < -0.4 is 0 Å². The van der Waals surface area contributed by atoms with Crippen molar-refractivity contribution in [2.24, 2.45) is 16.7 Å². The summed E-state index contributed by atoms with van der Waals surface area (Å²) in [6.07, 6.45) is 9.07. The Bertz CT molecular complexity index is 425. The molecule has 2 rings (SSSR count). The second-order valence-electron chi connectivity index (χ2n) is 7.93. The van der Waals surface area contributed by atoms with Crippen LogP contribution in [0.5, 0.6) is 0 Å². The molecule has 0 aromatic carbocycles. The zero-order valence-electron chi connectivity index (χ0n) is 14.4. The van der Waals surface area contributed by atoms with Gasteiger partial charge in [-0.2, -0.15) is 0 Å². The van der Waals surface area contributed by atoms with E-state index in [0.29, 0.717) is 23.5 Å². The number of hydrogen-bond acceptors (Lipinski definition) is 2. The highest BCUT2D eigenvalue weighted by Crippen LogP contribution is 2.54. The lowest BCUT2D eigenvalue weighted by Gasteiger charge is -2.52. The van der Waals surface area contributed by atoms with Crippen molar-refractivity contribution in [3.05, 3.63) is 30.1 Å². The van der Waals surface area contributed by atoms with E-state index in [1.165, 1.54) is 31.2 Å². The Balaban J connectivity index is 1.90. The summed E-state index contributed by atoms with van der Waals surface area (Å²) < 4.78 is 6.11. The first kappa shape index (κ1) is 16.5. The number of ether oxygens (including phenoxy) is 1. The maximum Gasteiger partial charge on any atom is 0.0735 e. The van der Waals surface area contributed by atoms with Crippen LogP contribution in [-0.4, -0.2) is 11.1 Å². The summed E-state index contributed by atoms with van der Waals surface area (Å²) in [4.78, 5) is 4.15. The number of aromatic nitrogens is 1. The molecule has 0 N–H and O–H groups in total. The van der Waals surface area contributed by atoms with Crippen molar-refractivity contribution in [1.82, 2.24) is 4.98 Å². The predicted molar refractivity (Wildman–Crippen MR) is 88.0 cm³/mol. The maximum absolute atomic E-state index is 6.11. The van der Waals surface area contributed by atoms with E-state index in [2.05, 4.69) is 45.7 Å². The Morgan fingerprint density at radius 3 is 2.43 bits per heavy atom. The molecule has 1 saturated carbocycles. The van der Waals surface area contributed by atoms with Crippen molar-refractivity contribution >= 4 is 0 Å². The molecule has 118 valence electrons. The first-order chi connectivity index (χ1) is 9.85. The predicted octanol–water partition coefficient (Wildman–Crippen LogP) is 5.23. The molecule has 1 aromatic heterocycles. The summed E-state index contributed by atoms with van der Waals surface area (Å²) in [5.74, 6) is 0.733. The van der Waals surface area contributed by atoms with Gasteiger partial charge in [0.05, 0.1) is 12.7 Å². The maximum atomic E-state index is 6.11. The summed E-state index contributed by atoms with van der Waals surface area (Å²) in [7, 11) is 0. The highest BCUT2D eigenvalue weighted by atomic mass is 16.5. The van der Waals surface area contributed by atoms with Crippen LogP contribution in [0.1, 0.15) is 65.9 Å². The largest absolute Gasteiger partial charge is 0.373 e. The molecule has 0 bridgehead atoms. The van der Waals surface area contributed by atoms with Crippen LogP contribution in [0.25, 0.3) is 0 Å². The summed E-state index contributed by atoms with van der Waals surface area (Å²) in [6, 6.07) is 4.06. The van der Waals surface area contributed by atoms with Crippen molar-refractivity contribution < 1.29 is 4.74 Å². The Kier molecular flexibility index (Phi) is 5.08. The van der Waals surface area contributed by atoms with Crippen LogP contribution in [0.15, 0.2) is 24.5 Å². The van der Waals surface area contributed by atoms with Crippen LogP contribution in [0.4, 0.5) is 0 Å². The number of nitrogens with zero attached hydrogens (tertiary/aromatic N) is 1. The minimum atomic E-state index is 0.371. The molecule has 0 spiro atoms. The molecule has 0 unspecified atom stereocenters. The zero-order chi connectivity index (χ0) is 15.5. The van der Waals surface area contributed by atoms with Crippen molar-refractivity contribution in [3.63, 3.8) is 0 Å². The number of hydrogen-bond donors (Lipinski definition) is 0. The van der Waals surface area contributed by atoms with Gasteiger partial charge in [0.2, 0.25) is 0 Å². The fraction of sp³-hybridized carbons (Fsp3) is 0.737. The topological polar surface area (TPSA) is 22.1 Å². The summed E-state index contributed by atoms with van der Waals surface area (Å²) in [5, 5.41) is 0. The molecule has 2 nitrogen and oxygen atoms in total. The van der Waals surface area contributed by atoms with Gasteiger partial charge in [0, 0.05) is 12.4 Å². The van der Waals surface area contributed by atoms with E-state index in [0.717, 1.165) is 5.92 Å². The van der Waals surface area contributed by atoms with Crippen LogP contribution in [-0.2, 0) is 11.3 Å². The molecule has 0 saturated heterocycles. The molecule has 2 heteroatoms. The molecule has 1 fully saturated rings. The van der Waals surface area contributed by atoms with E-state index in [1.54, 1.807) is 0 Å².